The SMILES string of the molecule is COCCN(CCOC)S(=O)(=O)CCCCl. The van der Waals surface area contributed by atoms with Crippen molar-refractivity contribution < 1.29 is 17.9 Å². The van der Waals surface area contributed by atoms with Crippen molar-refractivity contribution in [2.45, 2.75) is 6.42 Å². The fraction of sp³-hybridized carbons (Fsp3) is 1.00. The van der Waals surface area contributed by atoms with Crippen LogP contribution >= 0.6 is 11.6 Å². The topological polar surface area (TPSA) is 55.8 Å². The maximum absolute atomic E-state index is 11.9. The van der Waals surface area contributed by atoms with Crippen LogP contribution in [0.5, 0.6) is 0 Å². The van der Waals surface area contributed by atoms with Crippen LogP contribution in [0.15, 0.2) is 0 Å². The molecule has 0 N–H and O–H groups in total. The van der Waals surface area contributed by atoms with Gasteiger partial charge in [-0.2, -0.15) is 4.31 Å². The second-order valence-corrected chi connectivity index (χ2v) is 5.71. The number of nitrogens with zero attached hydrogens (tertiary/aromatic N) is 1. The maximum Gasteiger partial charge on any atom is 0.214 e. The lowest BCUT2D eigenvalue weighted by Crippen LogP contribution is -2.38. The number of methoxy groups -OCH3 is 2. The van der Waals surface area contributed by atoms with Gasteiger partial charge >= 0.3 is 0 Å². The van der Waals surface area contributed by atoms with Crippen LogP contribution < -0.4 is 0 Å². The zero-order valence-electron chi connectivity index (χ0n) is 9.82. The Bertz CT molecular complexity index is 250. The van der Waals surface area contributed by atoms with E-state index in [1.807, 2.05) is 0 Å². The average Bonchev–Trinajstić information content (AvgIpc) is 2.26. The van der Waals surface area contributed by atoms with Gasteiger partial charge in [0, 0.05) is 33.2 Å². The second-order valence-electron chi connectivity index (χ2n) is 3.24. The standard InChI is InChI=1S/C9H20ClNO4S/c1-14-7-5-11(6-8-15-2)16(12,13)9-3-4-10/h3-9H2,1-2H3. The lowest BCUT2D eigenvalue weighted by molar-refractivity contribution is 0.150. The van der Waals surface area contributed by atoms with Gasteiger partial charge in [-0.1, -0.05) is 0 Å². The highest BCUT2D eigenvalue weighted by Crippen LogP contribution is 2.04. The summed E-state index contributed by atoms with van der Waals surface area (Å²) in [5.74, 6) is 0.422. The van der Waals surface area contributed by atoms with Crippen molar-refractivity contribution in [3.63, 3.8) is 0 Å². The summed E-state index contributed by atoms with van der Waals surface area (Å²) in [6, 6.07) is 0. The van der Waals surface area contributed by atoms with Gasteiger partial charge in [0.05, 0.1) is 19.0 Å². The Balaban J connectivity index is 4.33. The number of hydrogen-bond acceptors (Lipinski definition) is 4. The summed E-state index contributed by atoms with van der Waals surface area (Å²) in [5.41, 5.74) is 0. The first-order chi connectivity index (χ1) is 7.58. The molecule has 0 aliphatic heterocycles. The molecule has 0 aromatic carbocycles. The normalized spacial score (nSPS) is 12.2. The summed E-state index contributed by atoms with van der Waals surface area (Å²) in [7, 11) is -0.157. The molecule has 5 nitrogen and oxygen atoms in total. The molecule has 0 unspecified atom stereocenters. The third kappa shape index (κ3) is 6.65. The van der Waals surface area contributed by atoms with Crippen molar-refractivity contribution in [1.29, 1.82) is 0 Å². The summed E-state index contributed by atoms with van der Waals surface area (Å²) in [6.07, 6.45) is 0.459. The van der Waals surface area contributed by atoms with E-state index in [1.165, 1.54) is 4.31 Å². The smallest absolute Gasteiger partial charge is 0.214 e. The van der Waals surface area contributed by atoms with Crippen molar-refractivity contribution in [2.75, 3.05) is 52.2 Å². The van der Waals surface area contributed by atoms with Crippen molar-refractivity contribution in [3.8, 4) is 0 Å². The maximum atomic E-state index is 11.9. The summed E-state index contributed by atoms with van der Waals surface area (Å²) in [6.45, 7) is 1.46. The van der Waals surface area contributed by atoms with E-state index in [4.69, 9.17) is 21.1 Å². The molecule has 0 bridgehead atoms. The Kier molecular flexibility index (Phi) is 9.25. The van der Waals surface area contributed by atoms with Crippen LogP contribution in [0.1, 0.15) is 6.42 Å². The fourth-order valence-electron chi connectivity index (χ4n) is 1.14. The third-order valence-electron chi connectivity index (χ3n) is 2.02. The van der Waals surface area contributed by atoms with Gasteiger partial charge in [0.2, 0.25) is 10.0 Å². The van der Waals surface area contributed by atoms with Crippen molar-refractivity contribution in [2.24, 2.45) is 0 Å². The molecule has 0 spiro atoms. The Morgan fingerprint density at radius 1 is 1.12 bits per heavy atom. The number of halogens is 1. The van der Waals surface area contributed by atoms with Crippen molar-refractivity contribution in [1.82, 2.24) is 4.31 Å². The molecule has 0 aliphatic carbocycles. The Morgan fingerprint density at radius 3 is 2.00 bits per heavy atom. The van der Waals surface area contributed by atoms with Gasteiger partial charge in [-0.15, -0.1) is 11.6 Å². The van der Waals surface area contributed by atoms with Gasteiger partial charge in [0.25, 0.3) is 0 Å². The largest absolute Gasteiger partial charge is 0.383 e. The van der Waals surface area contributed by atoms with Gasteiger partial charge in [-0.25, -0.2) is 8.42 Å². The molecular weight excluding hydrogens is 254 g/mol. The van der Waals surface area contributed by atoms with Gasteiger partial charge in [0.1, 0.15) is 0 Å². The molecule has 0 amide bonds. The summed E-state index contributed by atoms with van der Waals surface area (Å²) >= 11 is 5.49. The highest BCUT2D eigenvalue weighted by atomic mass is 35.5. The quantitative estimate of drug-likeness (QED) is 0.545. The molecule has 0 saturated heterocycles. The average molecular weight is 274 g/mol. The van der Waals surface area contributed by atoms with Crippen LogP contribution in [0.4, 0.5) is 0 Å². The predicted molar refractivity (Wildman–Crippen MR) is 64.4 cm³/mol. The van der Waals surface area contributed by atoms with E-state index in [0.717, 1.165) is 0 Å². The third-order valence-corrected chi connectivity index (χ3v) is 4.24. The lowest BCUT2D eigenvalue weighted by atomic mass is 10.6. The van der Waals surface area contributed by atoms with Crippen LogP contribution in [-0.2, 0) is 19.5 Å². The molecule has 0 saturated carbocycles. The number of rotatable bonds is 10. The monoisotopic (exact) mass is 273 g/mol. The molecule has 16 heavy (non-hydrogen) atoms. The summed E-state index contributed by atoms with van der Waals surface area (Å²) in [5, 5.41) is 0. The lowest BCUT2D eigenvalue weighted by Gasteiger charge is -2.21. The molecule has 0 heterocycles. The van der Waals surface area contributed by atoms with Gasteiger partial charge in [-0.05, 0) is 6.42 Å². The van der Waals surface area contributed by atoms with Crippen LogP contribution in [0, 0.1) is 0 Å². The highest BCUT2D eigenvalue weighted by molar-refractivity contribution is 7.89. The second kappa shape index (κ2) is 9.18. The molecule has 0 aromatic heterocycles. The first-order valence-electron chi connectivity index (χ1n) is 5.10. The number of alkyl halides is 1. The Morgan fingerprint density at radius 2 is 1.62 bits per heavy atom. The molecule has 0 aromatic rings. The zero-order chi connectivity index (χ0) is 12.4. The van der Waals surface area contributed by atoms with E-state index in [9.17, 15) is 8.42 Å². The van der Waals surface area contributed by atoms with E-state index in [2.05, 4.69) is 0 Å². The Labute approximate surface area is 103 Å². The van der Waals surface area contributed by atoms with E-state index in [1.54, 1.807) is 14.2 Å². The van der Waals surface area contributed by atoms with Gasteiger partial charge in [0.15, 0.2) is 0 Å². The van der Waals surface area contributed by atoms with Crippen LogP contribution in [0.3, 0.4) is 0 Å². The van der Waals surface area contributed by atoms with E-state index in [-0.39, 0.29) is 5.75 Å². The van der Waals surface area contributed by atoms with E-state index in [0.29, 0.717) is 38.6 Å². The molecule has 0 aliphatic rings. The first-order valence-corrected chi connectivity index (χ1v) is 7.24. The van der Waals surface area contributed by atoms with Crippen LogP contribution in [0.25, 0.3) is 0 Å². The molecule has 98 valence electrons. The number of sulfonamides is 1. The van der Waals surface area contributed by atoms with Crippen LogP contribution in [-0.4, -0.2) is 64.9 Å². The van der Waals surface area contributed by atoms with Crippen molar-refractivity contribution >= 4 is 21.6 Å². The fourth-order valence-corrected chi connectivity index (χ4v) is 2.91. The van der Waals surface area contributed by atoms with Gasteiger partial charge < -0.3 is 9.47 Å². The highest BCUT2D eigenvalue weighted by Gasteiger charge is 2.20. The molecular formula is C9H20ClNO4S. The summed E-state index contributed by atoms with van der Waals surface area (Å²) in [4.78, 5) is 0. The molecule has 7 heteroatoms. The molecule has 0 rings (SSSR count). The predicted octanol–water partition coefficient (Wildman–Crippen LogP) is 0.540. The van der Waals surface area contributed by atoms with E-state index < -0.39 is 10.0 Å². The van der Waals surface area contributed by atoms with E-state index >= 15 is 0 Å². The summed E-state index contributed by atoms with van der Waals surface area (Å²) < 4.78 is 34.9. The molecule has 0 fully saturated rings. The zero-order valence-corrected chi connectivity index (χ0v) is 11.4. The number of hydrogen-bond donors (Lipinski definition) is 0. The minimum Gasteiger partial charge on any atom is -0.383 e. The van der Waals surface area contributed by atoms with Gasteiger partial charge in [-0.3, -0.25) is 0 Å². The number of ether oxygens (including phenoxy) is 2. The first kappa shape index (κ1) is 16.1. The Hall–Kier alpha value is 0.120. The minimum atomic E-state index is -3.24. The minimum absolute atomic E-state index is 0.0733. The van der Waals surface area contributed by atoms with Crippen molar-refractivity contribution in [3.05, 3.63) is 0 Å². The molecule has 0 radical (unpaired) electrons. The van der Waals surface area contributed by atoms with Crippen LogP contribution in [0.2, 0.25) is 0 Å². The molecule has 0 atom stereocenters.